The van der Waals surface area contributed by atoms with Crippen LogP contribution in [-0.2, 0) is 13.5 Å². The molecule has 3 heteroatoms. The largest absolute Gasteiger partial charge is 0.337 e. The van der Waals surface area contributed by atoms with Crippen molar-refractivity contribution in [3.8, 4) is 0 Å². The summed E-state index contributed by atoms with van der Waals surface area (Å²) < 4.78 is 2.19. The average molecular weight is 191 g/mol. The molecule has 2 aliphatic rings. The van der Waals surface area contributed by atoms with Gasteiger partial charge in [-0.25, -0.2) is 4.98 Å². The van der Waals surface area contributed by atoms with E-state index < -0.39 is 0 Å². The summed E-state index contributed by atoms with van der Waals surface area (Å²) in [5.74, 6) is 0.689. The third-order valence-electron chi connectivity index (χ3n) is 3.72. The standard InChI is InChI=1S/C11H17N3/c1-14-7-13-11-8-3-2-6-12-9(8)4-5-10(11)14/h7-9,12H,2-6H2,1H3. The molecule has 3 rings (SSSR count). The van der Waals surface area contributed by atoms with E-state index in [1.807, 2.05) is 6.33 Å². The van der Waals surface area contributed by atoms with Gasteiger partial charge in [0.2, 0.25) is 0 Å². The van der Waals surface area contributed by atoms with E-state index in [1.165, 1.54) is 43.6 Å². The molecule has 1 N–H and O–H groups in total. The van der Waals surface area contributed by atoms with E-state index in [0.29, 0.717) is 12.0 Å². The Labute approximate surface area is 84.5 Å². The van der Waals surface area contributed by atoms with Crippen LogP contribution in [0, 0.1) is 0 Å². The fourth-order valence-corrected chi connectivity index (χ4v) is 2.96. The lowest BCUT2D eigenvalue weighted by Gasteiger charge is -2.35. The first-order valence-electron chi connectivity index (χ1n) is 5.60. The number of fused-ring (bicyclic) bond motifs is 3. The summed E-state index contributed by atoms with van der Waals surface area (Å²) in [4.78, 5) is 4.56. The number of hydrogen-bond acceptors (Lipinski definition) is 2. The van der Waals surface area contributed by atoms with Gasteiger partial charge < -0.3 is 9.88 Å². The van der Waals surface area contributed by atoms with Gasteiger partial charge in [0.25, 0.3) is 0 Å². The van der Waals surface area contributed by atoms with Crippen molar-refractivity contribution in [2.75, 3.05) is 6.54 Å². The predicted octanol–water partition coefficient (Wildman–Crippen LogP) is 1.20. The van der Waals surface area contributed by atoms with Crippen molar-refractivity contribution in [2.24, 2.45) is 7.05 Å². The monoisotopic (exact) mass is 191 g/mol. The van der Waals surface area contributed by atoms with Crippen molar-refractivity contribution in [3.05, 3.63) is 17.7 Å². The number of aryl methyl sites for hydroxylation is 1. The lowest BCUT2D eigenvalue weighted by molar-refractivity contribution is 0.312. The zero-order valence-electron chi connectivity index (χ0n) is 8.66. The highest BCUT2D eigenvalue weighted by molar-refractivity contribution is 5.24. The number of nitrogens with zero attached hydrogens (tertiary/aromatic N) is 2. The molecular weight excluding hydrogens is 174 g/mol. The lowest BCUT2D eigenvalue weighted by atomic mass is 9.80. The quantitative estimate of drug-likeness (QED) is 0.668. The fraction of sp³-hybridized carbons (Fsp3) is 0.727. The Morgan fingerprint density at radius 2 is 2.43 bits per heavy atom. The number of imidazole rings is 1. The normalized spacial score (nSPS) is 30.9. The molecule has 0 aromatic carbocycles. The molecule has 1 aliphatic heterocycles. The van der Waals surface area contributed by atoms with Crippen molar-refractivity contribution in [2.45, 2.75) is 37.6 Å². The molecule has 14 heavy (non-hydrogen) atoms. The van der Waals surface area contributed by atoms with E-state index in [4.69, 9.17) is 0 Å². The Hall–Kier alpha value is -0.830. The van der Waals surface area contributed by atoms with Gasteiger partial charge in [0.1, 0.15) is 0 Å². The molecule has 1 aliphatic carbocycles. The Bertz CT molecular complexity index is 342. The summed E-state index contributed by atoms with van der Waals surface area (Å²) in [5, 5.41) is 3.62. The highest BCUT2D eigenvalue weighted by atomic mass is 15.1. The van der Waals surface area contributed by atoms with Gasteiger partial charge in [-0.3, -0.25) is 0 Å². The van der Waals surface area contributed by atoms with E-state index in [1.54, 1.807) is 0 Å². The fourth-order valence-electron chi connectivity index (χ4n) is 2.96. The van der Waals surface area contributed by atoms with Crippen LogP contribution in [0.1, 0.15) is 36.6 Å². The van der Waals surface area contributed by atoms with E-state index in [2.05, 4.69) is 21.9 Å². The van der Waals surface area contributed by atoms with Crippen molar-refractivity contribution in [1.29, 1.82) is 0 Å². The zero-order valence-corrected chi connectivity index (χ0v) is 8.66. The van der Waals surface area contributed by atoms with Crippen molar-refractivity contribution < 1.29 is 0 Å². The summed E-state index contributed by atoms with van der Waals surface area (Å²) in [6, 6.07) is 0.700. The molecule has 0 radical (unpaired) electrons. The van der Waals surface area contributed by atoms with E-state index in [0.717, 1.165) is 0 Å². The molecule has 1 saturated heterocycles. The van der Waals surface area contributed by atoms with Crippen molar-refractivity contribution >= 4 is 0 Å². The Balaban J connectivity index is 1.99. The van der Waals surface area contributed by atoms with E-state index in [-0.39, 0.29) is 0 Å². The van der Waals surface area contributed by atoms with Crippen LogP contribution < -0.4 is 5.32 Å². The Kier molecular flexibility index (Phi) is 1.87. The minimum atomic E-state index is 0.689. The van der Waals surface area contributed by atoms with Gasteiger partial charge in [-0.2, -0.15) is 0 Å². The second-order valence-corrected chi connectivity index (χ2v) is 4.54. The molecule has 1 aromatic rings. The third kappa shape index (κ3) is 1.12. The van der Waals surface area contributed by atoms with Gasteiger partial charge in [0.05, 0.1) is 12.0 Å². The second kappa shape index (κ2) is 3.09. The lowest BCUT2D eigenvalue weighted by Crippen LogP contribution is -2.42. The van der Waals surface area contributed by atoms with Gasteiger partial charge in [-0.05, 0) is 32.2 Å². The number of aromatic nitrogens is 2. The van der Waals surface area contributed by atoms with Crippen molar-refractivity contribution in [1.82, 2.24) is 14.9 Å². The van der Waals surface area contributed by atoms with E-state index in [9.17, 15) is 0 Å². The number of rotatable bonds is 0. The number of hydrogen-bond donors (Lipinski definition) is 1. The first-order chi connectivity index (χ1) is 6.86. The molecule has 2 atom stereocenters. The molecule has 0 spiro atoms. The first kappa shape index (κ1) is 8.48. The molecule has 1 aromatic heterocycles. The molecular formula is C11H17N3. The van der Waals surface area contributed by atoms with Crippen LogP contribution >= 0.6 is 0 Å². The van der Waals surface area contributed by atoms with Crippen LogP contribution in [0.4, 0.5) is 0 Å². The molecule has 2 unspecified atom stereocenters. The molecule has 3 nitrogen and oxygen atoms in total. The first-order valence-corrected chi connectivity index (χ1v) is 5.60. The summed E-state index contributed by atoms with van der Waals surface area (Å²) in [6.45, 7) is 1.20. The SMILES string of the molecule is Cn1cnc2c1CCC1NCCCC21. The highest BCUT2D eigenvalue weighted by Crippen LogP contribution is 2.35. The van der Waals surface area contributed by atoms with Crippen molar-refractivity contribution in [3.63, 3.8) is 0 Å². The summed E-state index contributed by atoms with van der Waals surface area (Å²) in [6.07, 6.45) is 7.08. The highest BCUT2D eigenvalue weighted by Gasteiger charge is 2.33. The maximum absolute atomic E-state index is 4.56. The Morgan fingerprint density at radius 1 is 1.50 bits per heavy atom. The molecule has 2 heterocycles. The molecule has 76 valence electrons. The summed E-state index contributed by atoms with van der Waals surface area (Å²) in [5.41, 5.74) is 2.84. The van der Waals surface area contributed by atoms with Crippen LogP contribution in [0.25, 0.3) is 0 Å². The molecule has 0 amide bonds. The Morgan fingerprint density at radius 3 is 3.36 bits per heavy atom. The van der Waals surface area contributed by atoms with E-state index >= 15 is 0 Å². The predicted molar refractivity (Wildman–Crippen MR) is 55.3 cm³/mol. The third-order valence-corrected chi connectivity index (χ3v) is 3.72. The summed E-state index contributed by atoms with van der Waals surface area (Å²) >= 11 is 0. The average Bonchev–Trinajstić information content (AvgIpc) is 2.61. The topological polar surface area (TPSA) is 29.9 Å². The van der Waals surface area contributed by atoms with Crippen LogP contribution in [0.3, 0.4) is 0 Å². The molecule has 1 fully saturated rings. The van der Waals surface area contributed by atoms with Gasteiger partial charge in [-0.15, -0.1) is 0 Å². The van der Waals surface area contributed by atoms with Crippen LogP contribution in [0.15, 0.2) is 6.33 Å². The van der Waals surface area contributed by atoms with Gasteiger partial charge in [0.15, 0.2) is 0 Å². The van der Waals surface area contributed by atoms with Gasteiger partial charge in [-0.1, -0.05) is 0 Å². The van der Waals surface area contributed by atoms with Gasteiger partial charge >= 0.3 is 0 Å². The maximum atomic E-state index is 4.56. The maximum Gasteiger partial charge on any atom is 0.0949 e. The second-order valence-electron chi connectivity index (χ2n) is 4.54. The smallest absolute Gasteiger partial charge is 0.0949 e. The number of nitrogens with one attached hydrogen (secondary N) is 1. The van der Waals surface area contributed by atoms with Crippen LogP contribution in [0.2, 0.25) is 0 Å². The number of piperidine rings is 1. The molecule has 0 bridgehead atoms. The van der Waals surface area contributed by atoms with Crippen LogP contribution in [-0.4, -0.2) is 22.1 Å². The summed E-state index contributed by atoms with van der Waals surface area (Å²) in [7, 11) is 2.11. The molecule has 0 saturated carbocycles. The minimum absolute atomic E-state index is 0.689. The minimum Gasteiger partial charge on any atom is -0.337 e. The zero-order chi connectivity index (χ0) is 9.54. The van der Waals surface area contributed by atoms with Gasteiger partial charge in [0, 0.05) is 24.7 Å². The van der Waals surface area contributed by atoms with Crippen LogP contribution in [0.5, 0.6) is 0 Å².